The molecule has 6 nitrogen and oxygen atoms in total. The smallest absolute Gasteiger partial charge is 0.339 e. The number of hydrogen-bond acceptors (Lipinski definition) is 4. The van der Waals surface area contributed by atoms with Crippen molar-refractivity contribution in [2.75, 3.05) is 13.7 Å². The molecule has 1 aliphatic heterocycles. The van der Waals surface area contributed by atoms with Crippen LogP contribution in [-0.2, 0) is 22.4 Å². The second-order valence-corrected chi connectivity index (χ2v) is 8.60. The quantitative estimate of drug-likeness (QED) is 0.588. The summed E-state index contributed by atoms with van der Waals surface area (Å²) in [5, 5.41) is 4.05. The van der Waals surface area contributed by atoms with Crippen LogP contribution in [0.25, 0.3) is 10.9 Å². The molecule has 1 aromatic heterocycles. The molecular formula is C25H28N2O4. The van der Waals surface area contributed by atoms with Gasteiger partial charge in [0.1, 0.15) is 5.75 Å². The predicted molar refractivity (Wildman–Crippen MR) is 120 cm³/mol. The van der Waals surface area contributed by atoms with Crippen LogP contribution in [-0.4, -0.2) is 36.1 Å². The maximum Gasteiger partial charge on any atom is 0.339 e. The Balaban J connectivity index is 1.44. The number of H-pyrrole nitrogens is 1. The minimum atomic E-state index is -1.22. The predicted octanol–water partition coefficient (Wildman–Crippen LogP) is 4.13. The van der Waals surface area contributed by atoms with Crippen molar-refractivity contribution in [1.82, 2.24) is 10.3 Å². The molecule has 0 fully saturated rings. The Hall–Kier alpha value is -3.28. The fraction of sp³-hybridized carbons (Fsp3) is 0.360. The lowest BCUT2D eigenvalue weighted by Crippen LogP contribution is -2.52. The number of ether oxygens (including phenoxy) is 2. The summed E-state index contributed by atoms with van der Waals surface area (Å²) >= 11 is 0. The number of carbonyl (C=O) groups excluding carboxylic acids is 2. The SMILES string of the molecule is COc1ccc2c(CCNC(=O)C3(C)Cc4cc(C(C)C)ccc4C(=O)O3)c[nH]c2c1. The number of carbonyl (C=O) groups is 2. The molecule has 162 valence electrons. The van der Waals surface area contributed by atoms with E-state index >= 15 is 0 Å². The topological polar surface area (TPSA) is 80.4 Å². The van der Waals surface area contributed by atoms with Gasteiger partial charge in [-0.25, -0.2) is 4.79 Å². The first-order chi connectivity index (χ1) is 14.8. The van der Waals surface area contributed by atoms with E-state index in [2.05, 4.69) is 24.1 Å². The number of rotatable bonds is 6. The highest BCUT2D eigenvalue weighted by Crippen LogP contribution is 2.31. The Labute approximate surface area is 181 Å². The summed E-state index contributed by atoms with van der Waals surface area (Å²) in [5.41, 5.74) is 3.44. The normalized spacial score (nSPS) is 18.0. The van der Waals surface area contributed by atoms with Crippen LogP contribution >= 0.6 is 0 Å². The summed E-state index contributed by atoms with van der Waals surface area (Å²) in [6.07, 6.45) is 2.98. The van der Waals surface area contributed by atoms with E-state index in [0.29, 0.717) is 30.9 Å². The van der Waals surface area contributed by atoms with E-state index in [1.54, 1.807) is 20.1 Å². The summed E-state index contributed by atoms with van der Waals surface area (Å²) < 4.78 is 10.8. The molecule has 2 aromatic carbocycles. The number of cyclic esters (lactones) is 1. The standard InChI is InChI=1S/C25H28N2O4/c1-15(2)16-5-7-21-18(11-16)13-25(3,31-23(21)28)24(29)26-10-9-17-14-27-22-12-19(30-4)6-8-20(17)22/h5-8,11-12,14-15,27H,9-10,13H2,1-4H3,(H,26,29). The molecule has 2 heterocycles. The van der Waals surface area contributed by atoms with E-state index in [9.17, 15) is 9.59 Å². The molecule has 0 spiro atoms. The van der Waals surface area contributed by atoms with E-state index < -0.39 is 11.6 Å². The molecule has 1 atom stereocenters. The summed E-state index contributed by atoms with van der Waals surface area (Å²) in [7, 11) is 1.64. The highest BCUT2D eigenvalue weighted by Gasteiger charge is 2.42. The molecule has 0 saturated heterocycles. The Bertz CT molecular complexity index is 1150. The third-order valence-electron chi connectivity index (χ3n) is 6.00. The zero-order valence-electron chi connectivity index (χ0n) is 18.4. The first-order valence-electron chi connectivity index (χ1n) is 10.6. The minimum absolute atomic E-state index is 0.275. The molecule has 2 N–H and O–H groups in total. The fourth-order valence-electron chi connectivity index (χ4n) is 4.10. The van der Waals surface area contributed by atoms with Crippen molar-refractivity contribution in [3.63, 3.8) is 0 Å². The number of fused-ring (bicyclic) bond motifs is 2. The highest BCUT2D eigenvalue weighted by molar-refractivity contribution is 5.97. The van der Waals surface area contributed by atoms with Crippen molar-refractivity contribution in [1.29, 1.82) is 0 Å². The summed E-state index contributed by atoms with van der Waals surface area (Å²) in [4.78, 5) is 28.7. The highest BCUT2D eigenvalue weighted by atomic mass is 16.6. The van der Waals surface area contributed by atoms with Crippen LogP contribution in [0.2, 0.25) is 0 Å². The average molecular weight is 421 g/mol. The summed E-state index contributed by atoms with van der Waals surface area (Å²) in [5.74, 6) is 0.421. The molecule has 0 aliphatic carbocycles. The number of benzene rings is 2. The van der Waals surface area contributed by atoms with E-state index in [0.717, 1.165) is 33.3 Å². The number of aromatic nitrogens is 1. The van der Waals surface area contributed by atoms with Gasteiger partial charge in [-0.2, -0.15) is 0 Å². The molecule has 3 aromatic rings. The van der Waals surface area contributed by atoms with Gasteiger partial charge in [-0.15, -0.1) is 0 Å². The van der Waals surface area contributed by atoms with Gasteiger partial charge in [0, 0.05) is 36.1 Å². The first-order valence-corrected chi connectivity index (χ1v) is 10.6. The van der Waals surface area contributed by atoms with Gasteiger partial charge in [0.15, 0.2) is 5.60 Å². The lowest BCUT2D eigenvalue weighted by atomic mass is 9.86. The molecule has 31 heavy (non-hydrogen) atoms. The van der Waals surface area contributed by atoms with Crippen molar-refractivity contribution in [2.24, 2.45) is 0 Å². The monoisotopic (exact) mass is 420 g/mol. The fourth-order valence-corrected chi connectivity index (χ4v) is 4.10. The Morgan fingerprint density at radius 1 is 1.26 bits per heavy atom. The van der Waals surface area contributed by atoms with E-state index in [4.69, 9.17) is 9.47 Å². The molecule has 1 unspecified atom stereocenters. The van der Waals surface area contributed by atoms with Crippen LogP contribution in [0.3, 0.4) is 0 Å². The van der Waals surface area contributed by atoms with Gasteiger partial charge < -0.3 is 19.8 Å². The number of amides is 1. The van der Waals surface area contributed by atoms with Crippen LogP contribution in [0.5, 0.6) is 5.75 Å². The van der Waals surface area contributed by atoms with Gasteiger partial charge in [-0.05, 0) is 54.2 Å². The molecule has 4 rings (SSSR count). The minimum Gasteiger partial charge on any atom is -0.497 e. The Kier molecular flexibility index (Phi) is 5.48. The molecule has 6 heteroatoms. The molecule has 0 bridgehead atoms. The van der Waals surface area contributed by atoms with Crippen LogP contribution < -0.4 is 10.1 Å². The number of esters is 1. The van der Waals surface area contributed by atoms with Gasteiger partial charge in [-0.1, -0.05) is 26.0 Å². The maximum atomic E-state index is 13.0. The third kappa shape index (κ3) is 4.02. The largest absolute Gasteiger partial charge is 0.497 e. The van der Waals surface area contributed by atoms with Crippen molar-refractivity contribution < 1.29 is 19.1 Å². The van der Waals surface area contributed by atoms with Gasteiger partial charge in [0.05, 0.1) is 12.7 Å². The Morgan fingerprint density at radius 3 is 2.81 bits per heavy atom. The van der Waals surface area contributed by atoms with Crippen LogP contribution in [0.15, 0.2) is 42.6 Å². The maximum absolute atomic E-state index is 13.0. The number of methoxy groups -OCH3 is 1. The van der Waals surface area contributed by atoms with Gasteiger partial charge in [0.25, 0.3) is 5.91 Å². The van der Waals surface area contributed by atoms with Crippen molar-refractivity contribution in [2.45, 2.75) is 45.1 Å². The number of hydrogen-bond donors (Lipinski definition) is 2. The zero-order chi connectivity index (χ0) is 22.2. The number of nitrogens with one attached hydrogen (secondary N) is 2. The van der Waals surface area contributed by atoms with Gasteiger partial charge in [-0.3, -0.25) is 4.79 Å². The Morgan fingerprint density at radius 2 is 2.06 bits per heavy atom. The molecule has 1 aliphatic rings. The molecule has 1 amide bonds. The second-order valence-electron chi connectivity index (χ2n) is 8.60. The summed E-state index contributed by atoms with van der Waals surface area (Å²) in [6.45, 7) is 6.35. The van der Waals surface area contributed by atoms with Crippen molar-refractivity contribution in [3.8, 4) is 5.75 Å². The van der Waals surface area contributed by atoms with E-state index in [1.807, 2.05) is 36.5 Å². The van der Waals surface area contributed by atoms with Crippen LogP contribution in [0.1, 0.15) is 53.7 Å². The van der Waals surface area contributed by atoms with Gasteiger partial charge in [0.2, 0.25) is 0 Å². The van der Waals surface area contributed by atoms with Crippen molar-refractivity contribution in [3.05, 3.63) is 64.8 Å². The second kappa shape index (κ2) is 8.10. The molecule has 0 saturated carbocycles. The third-order valence-corrected chi connectivity index (χ3v) is 6.00. The van der Waals surface area contributed by atoms with Gasteiger partial charge >= 0.3 is 5.97 Å². The lowest BCUT2D eigenvalue weighted by molar-refractivity contribution is -0.139. The van der Waals surface area contributed by atoms with Crippen LogP contribution in [0.4, 0.5) is 0 Å². The van der Waals surface area contributed by atoms with Crippen LogP contribution in [0, 0.1) is 0 Å². The van der Waals surface area contributed by atoms with Crippen molar-refractivity contribution >= 4 is 22.8 Å². The lowest BCUT2D eigenvalue weighted by Gasteiger charge is -2.33. The first kappa shape index (κ1) is 21.0. The van der Waals surface area contributed by atoms with E-state index in [-0.39, 0.29) is 5.91 Å². The molecule has 0 radical (unpaired) electrons. The van der Waals surface area contributed by atoms with E-state index in [1.165, 1.54) is 0 Å². The summed E-state index contributed by atoms with van der Waals surface area (Å²) in [6, 6.07) is 11.6. The number of aromatic amines is 1. The zero-order valence-corrected chi connectivity index (χ0v) is 18.4. The average Bonchev–Trinajstić information content (AvgIpc) is 3.15. The molecular weight excluding hydrogens is 392 g/mol.